The molecule has 1 amide bonds. The highest BCUT2D eigenvalue weighted by molar-refractivity contribution is 5.93. The van der Waals surface area contributed by atoms with Crippen molar-refractivity contribution < 1.29 is 13.6 Å². The van der Waals surface area contributed by atoms with Gasteiger partial charge in [-0.2, -0.15) is 0 Å². The first kappa shape index (κ1) is 27.4. The summed E-state index contributed by atoms with van der Waals surface area (Å²) in [5, 5.41) is 2.98. The van der Waals surface area contributed by atoms with Gasteiger partial charge in [0, 0.05) is 24.5 Å². The molecule has 4 aromatic heterocycles. The molecule has 44 heavy (non-hydrogen) atoms. The third kappa shape index (κ3) is 4.96. The Morgan fingerprint density at radius 1 is 0.841 bits per heavy atom. The molecular formula is C33H26F2N6O3. The molecule has 6 aromatic rings. The van der Waals surface area contributed by atoms with E-state index >= 15 is 0 Å². The van der Waals surface area contributed by atoms with Crippen LogP contribution >= 0.6 is 0 Å². The first-order valence-electron chi connectivity index (χ1n) is 14.3. The summed E-state index contributed by atoms with van der Waals surface area (Å²) < 4.78 is 31.9. The number of nitrogens with zero attached hydrogens (tertiary/aromatic N) is 5. The van der Waals surface area contributed by atoms with Gasteiger partial charge >= 0.3 is 5.69 Å². The van der Waals surface area contributed by atoms with E-state index in [4.69, 9.17) is 0 Å². The summed E-state index contributed by atoms with van der Waals surface area (Å²) in [5.74, 6) is -1.50. The minimum atomic E-state index is -0.675. The van der Waals surface area contributed by atoms with Crippen molar-refractivity contribution in [1.29, 1.82) is 0 Å². The minimum Gasteiger partial charge on any atom is -0.348 e. The molecule has 2 aromatic carbocycles. The molecular weight excluding hydrogens is 566 g/mol. The Labute approximate surface area is 249 Å². The van der Waals surface area contributed by atoms with Gasteiger partial charge in [-0.15, -0.1) is 0 Å². The predicted molar refractivity (Wildman–Crippen MR) is 161 cm³/mol. The number of imidazole rings is 1. The lowest BCUT2D eigenvalue weighted by molar-refractivity contribution is 0.0917. The van der Waals surface area contributed by atoms with Gasteiger partial charge in [0.25, 0.3) is 11.5 Å². The van der Waals surface area contributed by atoms with Crippen molar-refractivity contribution in [1.82, 2.24) is 28.8 Å². The van der Waals surface area contributed by atoms with Crippen LogP contribution in [0.3, 0.4) is 0 Å². The Kier molecular flexibility index (Phi) is 6.84. The third-order valence-corrected chi connectivity index (χ3v) is 8.15. The SMILES string of the molecule is O=C(NC1CCC(n2c(=O)c3cc(F)cnc3n(-c3cccc(-c4ccccc4)c3)c2=O)CC1)c1cn2cc(F)ccc2n1. The lowest BCUT2D eigenvalue weighted by Gasteiger charge is -2.30. The van der Waals surface area contributed by atoms with Gasteiger partial charge in [-0.25, -0.2) is 28.1 Å². The number of benzene rings is 2. The molecule has 0 bridgehead atoms. The van der Waals surface area contributed by atoms with E-state index in [0.717, 1.165) is 23.4 Å². The lowest BCUT2D eigenvalue weighted by atomic mass is 9.90. The molecule has 0 unspecified atom stereocenters. The number of carbonyl (C=O) groups excluding carboxylic acids is 1. The van der Waals surface area contributed by atoms with Gasteiger partial charge in [-0.05, 0) is 67.1 Å². The number of nitrogens with one attached hydrogen (secondary N) is 1. The zero-order chi connectivity index (χ0) is 30.4. The van der Waals surface area contributed by atoms with Crippen molar-refractivity contribution in [3.63, 3.8) is 0 Å². The molecule has 1 N–H and O–H groups in total. The van der Waals surface area contributed by atoms with Crippen molar-refractivity contribution in [3.05, 3.63) is 130 Å². The van der Waals surface area contributed by atoms with E-state index in [2.05, 4.69) is 15.3 Å². The number of pyridine rings is 2. The van der Waals surface area contributed by atoms with Crippen LogP contribution < -0.4 is 16.6 Å². The van der Waals surface area contributed by atoms with Gasteiger partial charge in [0.05, 0.1) is 17.3 Å². The number of halogens is 2. The fourth-order valence-corrected chi connectivity index (χ4v) is 6.00. The van der Waals surface area contributed by atoms with Crippen molar-refractivity contribution in [2.24, 2.45) is 0 Å². The number of rotatable bonds is 5. The highest BCUT2D eigenvalue weighted by atomic mass is 19.1. The summed E-state index contributed by atoms with van der Waals surface area (Å²) in [6, 6.07) is 20.2. The molecule has 0 atom stereocenters. The number of aromatic nitrogens is 5. The lowest BCUT2D eigenvalue weighted by Crippen LogP contribution is -2.45. The van der Waals surface area contributed by atoms with Gasteiger partial charge in [0.1, 0.15) is 23.0 Å². The monoisotopic (exact) mass is 592 g/mol. The second kappa shape index (κ2) is 11.0. The Bertz CT molecular complexity index is 2160. The van der Waals surface area contributed by atoms with Crippen LogP contribution in [0.25, 0.3) is 33.5 Å². The maximum absolute atomic E-state index is 14.3. The highest BCUT2D eigenvalue weighted by Crippen LogP contribution is 2.28. The topological polar surface area (TPSA) is 103 Å². The van der Waals surface area contributed by atoms with Gasteiger partial charge in [-0.1, -0.05) is 42.5 Å². The molecule has 220 valence electrons. The van der Waals surface area contributed by atoms with E-state index in [1.165, 1.54) is 38.1 Å². The van der Waals surface area contributed by atoms with E-state index in [-0.39, 0.29) is 28.7 Å². The predicted octanol–water partition coefficient (Wildman–Crippen LogP) is 5.05. The van der Waals surface area contributed by atoms with E-state index in [0.29, 0.717) is 37.0 Å². The molecule has 0 saturated heterocycles. The first-order chi connectivity index (χ1) is 21.4. The summed E-state index contributed by atoms with van der Waals surface area (Å²) in [4.78, 5) is 49.1. The Morgan fingerprint density at radius 3 is 2.41 bits per heavy atom. The summed E-state index contributed by atoms with van der Waals surface area (Å²) in [5.41, 5.74) is 1.86. The van der Waals surface area contributed by atoms with E-state index in [1.807, 2.05) is 48.5 Å². The van der Waals surface area contributed by atoms with E-state index in [9.17, 15) is 23.2 Å². The second-order valence-electron chi connectivity index (χ2n) is 11.0. The molecule has 1 fully saturated rings. The maximum Gasteiger partial charge on any atom is 0.337 e. The van der Waals surface area contributed by atoms with Crippen LogP contribution in [0.5, 0.6) is 0 Å². The first-order valence-corrected chi connectivity index (χ1v) is 14.3. The molecule has 1 saturated carbocycles. The van der Waals surface area contributed by atoms with Crippen LogP contribution in [0.1, 0.15) is 42.2 Å². The van der Waals surface area contributed by atoms with E-state index in [1.54, 1.807) is 6.07 Å². The quantitative estimate of drug-likeness (QED) is 0.302. The zero-order valence-electron chi connectivity index (χ0n) is 23.4. The summed E-state index contributed by atoms with van der Waals surface area (Å²) in [6.07, 6.45) is 5.61. The van der Waals surface area contributed by atoms with E-state index < -0.39 is 28.9 Å². The van der Waals surface area contributed by atoms with Gasteiger partial charge in [0.15, 0.2) is 5.65 Å². The third-order valence-electron chi connectivity index (χ3n) is 8.15. The van der Waals surface area contributed by atoms with Crippen molar-refractivity contribution in [2.75, 3.05) is 0 Å². The number of hydrogen-bond donors (Lipinski definition) is 1. The smallest absolute Gasteiger partial charge is 0.337 e. The highest BCUT2D eigenvalue weighted by Gasteiger charge is 2.28. The fourth-order valence-electron chi connectivity index (χ4n) is 6.00. The maximum atomic E-state index is 14.3. The molecule has 11 heteroatoms. The molecule has 0 radical (unpaired) electrons. The van der Waals surface area contributed by atoms with Crippen molar-refractivity contribution in [3.8, 4) is 16.8 Å². The Hall–Kier alpha value is -5.45. The molecule has 1 aliphatic rings. The molecule has 0 spiro atoms. The zero-order valence-corrected chi connectivity index (χ0v) is 23.4. The number of amides is 1. The van der Waals surface area contributed by atoms with Crippen LogP contribution in [0.15, 0.2) is 101 Å². The molecule has 1 aliphatic carbocycles. The minimum absolute atomic E-state index is 0.00780. The summed E-state index contributed by atoms with van der Waals surface area (Å²) >= 11 is 0. The summed E-state index contributed by atoms with van der Waals surface area (Å²) in [6.45, 7) is 0. The second-order valence-corrected chi connectivity index (χ2v) is 11.0. The largest absolute Gasteiger partial charge is 0.348 e. The average Bonchev–Trinajstić information content (AvgIpc) is 3.46. The van der Waals surface area contributed by atoms with Crippen LogP contribution in [0.4, 0.5) is 8.78 Å². The Morgan fingerprint density at radius 2 is 1.61 bits per heavy atom. The number of carbonyl (C=O) groups is 1. The molecule has 9 nitrogen and oxygen atoms in total. The molecule has 7 rings (SSSR count). The number of fused-ring (bicyclic) bond motifs is 2. The van der Waals surface area contributed by atoms with Crippen LogP contribution in [0, 0.1) is 11.6 Å². The van der Waals surface area contributed by atoms with Crippen LogP contribution in [0.2, 0.25) is 0 Å². The molecule has 0 aliphatic heterocycles. The summed E-state index contributed by atoms with van der Waals surface area (Å²) in [7, 11) is 0. The average molecular weight is 593 g/mol. The number of hydrogen-bond acceptors (Lipinski definition) is 5. The van der Waals surface area contributed by atoms with Gasteiger partial charge < -0.3 is 9.72 Å². The van der Waals surface area contributed by atoms with Crippen LogP contribution in [-0.4, -0.2) is 35.5 Å². The Balaban J connectivity index is 1.19. The normalized spacial score (nSPS) is 16.8. The molecule has 4 heterocycles. The van der Waals surface area contributed by atoms with Gasteiger partial charge in [0.2, 0.25) is 0 Å². The fraction of sp³-hybridized carbons (Fsp3) is 0.182. The standard InChI is InChI=1S/C33H26F2N6O3/c34-22-9-14-29-38-28(19-39(29)18-22)31(42)37-24-10-12-25(13-11-24)41-32(43)27-16-23(35)17-36-30(27)40(33(41)44)26-8-4-7-21(15-26)20-5-2-1-3-6-20/h1-9,14-19,24-25H,10-13H2,(H,37,42). The van der Waals surface area contributed by atoms with Crippen LogP contribution in [-0.2, 0) is 0 Å². The van der Waals surface area contributed by atoms with Crippen molar-refractivity contribution >= 4 is 22.6 Å². The van der Waals surface area contributed by atoms with Crippen molar-refractivity contribution in [2.45, 2.75) is 37.8 Å². The van der Waals surface area contributed by atoms with Gasteiger partial charge in [-0.3, -0.25) is 14.2 Å².